The number of nitrogens with zero attached hydrogens (tertiary/aromatic N) is 1. The lowest BCUT2D eigenvalue weighted by Crippen LogP contribution is -2.40. The third-order valence-corrected chi connectivity index (χ3v) is 3.69. The predicted molar refractivity (Wildman–Crippen MR) is 79.9 cm³/mol. The Labute approximate surface area is 128 Å². The summed E-state index contributed by atoms with van der Waals surface area (Å²) in [7, 11) is 0.330. The molecule has 0 aromatic heterocycles. The quantitative estimate of drug-likeness (QED) is 0.822. The standard InChI is InChI=1S/C15H17BFNO4/c1-9-5-11(10-3-4-10)6-12(15(9)17)16-21-13(19)7-18(2)8-14(20)22-16/h5-8,10,19-20H,3-4H2,1-2H3. The van der Waals surface area contributed by atoms with Crippen LogP contribution in [0.3, 0.4) is 0 Å². The molecule has 1 saturated carbocycles. The summed E-state index contributed by atoms with van der Waals surface area (Å²) in [6.07, 6.45) is 4.67. The lowest BCUT2D eigenvalue weighted by atomic mass is 9.76. The molecule has 1 aromatic rings. The number of aliphatic hydroxyl groups is 2. The highest BCUT2D eigenvalue weighted by molar-refractivity contribution is 6.62. The van der Waals surface area contributed by atoms with Crippen LogP contribution in [0.25, 0.3) is 0 Å². The van der Waals surface area contributed by atoms with Crippen molar-refractivity contribution < 1.29 is 23.9 Å². The Balaban J connectivity index is 1.98. The van der Waals surface area contributed by atoms with Crippen molar-refractivity contribution >= 4 is 12.6 Å². The lowest BCUT2D eigenvalue weighted by molar-refractivity contribution is 0.124. The van der Waals surface area contributed by atoms with Crippen molar-refractivity contribution in [1.29, 1.82) is 0 Å². The van der Waals surface area contributed by atoms with E-state index in [0.29, 0.717) is 11.5 Å². The van der Waals surface area contributed by atoms with Gasteiger partial charge in [0.2, 0.25) is 0 Å². The number of hydrogen-bond acceptors (Lipinski definition) is 5. The minimum absolute atomic E-state index is 0.159. The number of benzene rings is 1. The van der Waals surface area contributed by atoms with Gasteiger partial charge in [-0.05, 0) is 36.8 Å². The van der Waals surface area contributed by atoms with E-state index in [-0.39, 0.29) is 5.46 Å². The van der Waals surface area contributed by atoms with Gasteiger partial charge >= 0.3 is 7.12 Å². The summed E-state index contributed by atoms with van der Waals surface area (Å²) in [5.74, 6) is -0.884. The van der Waals surface area contributed by atoms with Crippen molar-refractivity contribution in [2.45, 2.75) is 25.7 Å². The zero-order valence-corrected chi connectivity index (χ0v) is 12.4. The second kappa shape index (κ2) is 5.48. The van der Waals surface area contributed by atoms with Crippen LogP contribution in [-0.2, 0) is 9.31 Å². The molecule has 7 heteroatoms. The fourth-order valence-electron chi connectivity index (χ4n) is 2.47. The second-order valence-corrected chi connectivity index (χ2v) is 5.68. The summed E-state index contributed by atoms with van der Waals surface area (Å²) in [4.78, 5) is 1.36. The smallest absolute Gasteiger partial charge is 0.494 e. The molecule has 1 fully saturated rings. The van der Waals surface area contributed by atoms with Crippen molar-refractivity contribution in [3.05, 3.63) is 53.4 Å². The molecule has 0 atom stereocenters. The molecule has 0 spiro atoms. The molecule has 3 rings (SSSR count). The molecule has 1 heterocycles. The Bertz CT molecular complexity index is 635. The SMILES string of the molecule is Cc1cc(C2CC2)cc(B2OC(O)=CN(C)C=C(O)O2)c1F. The Kier molecular flexibility index (Phi) is 3.64. The molecule has 22 heavy (non-hydrogen) atoms. The maximum atomic E-state index is 14.4. The van der Waals surface area contributed by atoms with Gasteiger partial charge in [0.05, 0.1) is 12.4 Å². The number of hydrogen-bond donors (Lipinski definition) is 2. The average molecular weight is 305 g/mol. The van der Waals surface area contributed by atoms with Crippen LogP contribution in [-0.4, -0.2) is 29.3 Å². The van der Waals surface area contributed by atoms with E-state index < -0.39 is 24.8 Å². The molecule has 0 saturated heterocycles. The second-order valence-electron chi connectivity index (χ2n) is 5.68. The van der Waals surface area contributed by atoms with Gasteiger partial charge in [0.15, 0.2) is 0 Å². The van der Waals surface area contributed by atoms with Crippen molar-refractivity contribution in [2.24, 2.45) is 0 Å². The summed E-state index contributed by atoms with van der Waals surface area (Å²) in [5.41, 5.74) is 1.66. The highest BCUT2D eigenvalue weighted by Crippen LogP contribution is 2.40. The van der Waals surface area contributed by atoms with Crippen LogP contribution in [0.15, 0.2) is 36.4 Å². The van der Waals surface area contributed by atoms with E-state index in [4.69, 9.17) is 9.31 Å². The highest BCUT2D eigenvalue weighted by Gasteiger charge is 2.35. The summed E-state index contributed by atoms with van der Waals surface area (Å²) in [6.45, 7) is 1.67. The first-order valence-corrected chi connectivity index (χ1v) is 7.11. The van der Waals surface area contributed by atoms with Gasteiger partial charge in [-0.1, -0.05) is 12.1 Å². The molecule has 0 bridgehead atoms. The molecule has 0 unspecified atom stereocenters. The van der Waals surface area contributed by atoms with Crippen LogP contribution >= 0.6 is 0 Å². The van der Waals surface area contributed by atoms with E-state index in [1.807, 2.05) is 6.07 Å². The molecular formula is C15H17BFNO4. The summed E-state index contributed by atoms with van der Waals surface area (Å²) < 4.78 is 24.9. The van der Waals surface area contributed by atoms with Crippen molar-refractivity contribution in [3.8, 4) is 0 Å². The van der Waals surface area contributed by atoms with E-state index >= 15 is 0 Å². The molecule has 0 radical (unpaired) electrons. The summed E-state index contributed by atoms with van der Waals surface area (Å²) >= 11 is 0. The van der Waals surface area contributed by atoms with E-state index in [9.17, 15) is 14.6 Å². The first kappa shape index (κ1) is 14.6. The van der Waals surface area contributed by atoms with Gasteiger partial charge in [0, 0.05) is 12.5 Å². The van der Waals surface area contributed by atoms with Crippen LogP contribution in [0.2, 0.25) is 0 Å². The van der Waals surface area contributed by atoms with Crippen LogP contribution in [0.5, 0.6) is 0 Å². The molecule has 1 aromatic carbocycles. The fraction of sp³-hybridized carbons (Fsp3) is 0.333. The zero-order chi connectivity index (χ0) is 15.9. The summed E-state index contributed by atoms with van der Waals surface area (Å²) in [6, 6.07) is 3.50. The molecular weight excluding hydrogens is 288 g/mol. The molecule has 1 aliphatic carbocycles. The number of aryl methyl sites for hydroxylation is 1. The zero-order valence-electron chi connectivity index (χ0n) is 12.4. The third kappa shape index (κ3) is 2.98. The number of halogens is 1. The van der Waals surface area contributed by atoms with Crippen molar-refractivity contribution in [3.63, 3.8) is 0 Å². The lowest BCUT2D eigenvalue weighted by Gasteiger charge is -2.21. The van der Waals surface area contributed by atoms with E-state index in [1.165, 1.54) is 17.3 Å². The maximum absolute atomic E-state index is 14.4. The van der Waals surface area contributed by atoms with Gasteiger partial charge in [-0.15, -0.1) is 0 Å². The Hall–Kier alpha value is -2.31. The van der Waals surface area contributed by atoms with Gasteiger partial charge in [0.25, 0.3) is 11.9 Å². The van der Waals surface area contributed by atoms with E-state index in [2.05, 4.69) is 0 Å². The first-order valence-electron chi connectivity index (χ1n) is 7.11. The molecule has 116 valence electrons. The Morgan fingerprint density at radius 3 is 2.32 bits per heavy atom. The third-order valence-electron chi connectivity index (χ3n) is 3.69. The van der Waals surface area contributed by atoms with Gasteiger partial charge in [-0.3, -0.25) is 0 Å². The van der Waals surface area contributed by atoms with E-state index in [0.717, 1.165) is 18.4 Å². The Morgan fingerprint density at radius 2 is 1.77 bits per heavy atom. The Morgan fingerprint density at radius 1 is 1.18 bits per heavy atom. The minimum atomic E-state index is -1.25. The largest absolute Gasteiger partial charge is 0.639 e. The van der Waals surface area contributed by atoms with Crippen LogP contribution in [0.1, 0.15) is 29.9 Å². The van der Waals surface area contributed by atoms with Crippen LogP contribution in [0.4, 0.5) is 4.39 Å². The molecule has 2 N–H and O–H groups in total. The molecule has 0 amide bonds. The topological polar surface area (TPSA) is 62.2 Å². The predicted octanol–water partition coefficient (Wildman–Crippen LogP) is 2.40. The highest BCUT2D eigenvalue weighted by atomic mass is 19.1. The van der Waals surface area contributed by atoms with Crippen molar-refractivity contribution in [1.82, 2.24) is 4.90 Å². The minimum Gasteiger partial charge on any atom is -0.494 e. The van der Waals surface area contributed by atoms with Crippen LogP contribution in [0, 0.1) is 12.7 Å². The average Bonchev–Trinajstić information content (AvgIpc) is 3.23. The van der Waals surface area contributed by atoms with E-state index in [1.54, 1.807) is 20.0 Å². The fourth-order valence-corrected chi connectivity index (χ4v) is 2.47. The van der Waals surface area contributed by atoms with Crippen molar-refractivity contribution in [2.75, 3.05) is 7.05 Å². The van der Waals surface area contributed by atoms with Gasteiger partial charge in [-0.25, -0.2) is 4.39 Å². The molecule has 1 aliphatic heterocycles. The van der Waals surface area contributed by atoms with Gasteiger partial charge in [-0.2, -0.15) is 0 Å². The normalized spacial score (nSPS) is 18.7. The molecule has 2 aliphatic rings. The van der Waals surface area contributed by atoms with Gasteiger partial charge < -0.3 is 24.4 Å². The van der Waals surface area contributed by atoms with Gasteiger partial charge in [0.1, 0.15) is 5.82 Å². The van der Waals surface area contributed by atoms with Crippen LogP contribution < -0.4 is 5.46 Å². The number of aliphatic hydroxyl groups excluding tert-OH is 2. The first-order chi connectivity index (χ1) is 10.4. The molecule has 5 nitrogen and oxygen atoms in total. The number of rotatable bonds is 2. The maximum Gasteiger partial charge on any atom is 0.639 e. The summed E-state index contributed by atoms with van der Waals surface area (Å²) in [5, 5.41) is 19.5. The monoisotopic (exact) mass is 305 g/mol.